The van der Waals surface area contributed by atoms with E-state index in [4.69, 9.17) is 4.74 Å². The van der Waals surface area contributed by atoms with Crippen LogP contribution in [0.15, 0.2) is 83.8 Å². The summed E-state index contributed by atoms with van der Waals surface area (Å²) in [7, 11) is -3.51. The van der Waals surface area contributed by atoms with E-state index in [0.29, 0.717) is 42.6 Å². The SMILES string of the molecule is CC1CCN(S(=O)(=O)c2ccc(NC(=O)c3cccc(OCCc4ccccc4)c3)cc2)CC1. The first-order chi connectivity index (χ1) is 16.4. The monoisotopic (exact) mass is 478 g/mol. The lowest BCUT2D eigenvalue weighted by atomic mass is 10.0. The van der Waals surface area contributed by atoms with E-state index >= 15 is 0 Å². The number of hydrogen-bond acceptors (Lipinski definition) is 4. The zero-order chi connectivity index (χ0) is 24.0. The highest BCUT2D eigenvalue weighted by molar-refractivity contribution is 7.89. The molecular weight excluding hydrogens is 448 g/mol. The number of nitrogens with one attached hydrogen (secondary N) is 1. The van der Waals surface area contributed by atoms with Gasteiger partial charge in [0.15, 0.2) is 0 Å². The number of piperidine rings is 1. The summed E-state index contributed by atoms with van der Waals surface area (Å²) in [6.45, 7) is 3.76. The second-order valence-electron chi connectivity index (χ2n) is 8.68. The molecule has 0 spiro atoms. The Balaban J connectivity index is 1.35. The zero-order valence-corrected chi connectivity index (χ0v) is 20.1. The van der Waals surface area contributed by atoms with Gasteiger partial charge in [0.2, 0.25) is 10.0 Å². The first-order valence-corrected chi connectivity index (χ1v) is 13.0. The summed E-state index contributed by atoms with van der Waals surface area (Å²) in [5.74, 6) is 0.895. The normalized spacial score (nSPS) is 15.1. The van der Waals surface area contributed by atoms with Gasteiger partial charge in [-0.05, 0) is 66.8 Å². The summed E-state index contributed by atoms with van der Waals surface area (Å²) in [5, 5.41) is 2.83. The predicted molar refractivity (Wildman–Crippen MR) is 134 cm³/mol. The van der Waals surface area contributed by atoms with Crippen LogP contribution in [0.3, 0.4) is 0 Å². The van der Waals surface area contributed by atoms with Gasteiger partial charge in [0.25, 0.3) is 5.91 Å². The average molecular weight is 479 g/mol. The number of amides is 1. The number of benzene rings is 3. The van der Waals surface area contributed by atoms with E-state index in [-0.39, 0.29) is 10.8 Å². The molecule has 0 saturated carbocycles. The molecule has 4 rings (SSSR count). The van der Waals surface area contributed by atoms with E-state index < -0.39 is 10.0 Å². The third-order valence-corrected chi connectivity index (χ3v) is 8.00. The molecular formula is C27H30N2O4S. The largest absolute Gasteiger partial charge is 0.493 e. The molecule has 1 aliphatic rings. The Labute approximate surface area is 201 Å². The number of hydrogen-bond donors (Lipinski definition) is 1. The van der Waals surface area contributed by atoms with Crippen LogP contribution in [0.1, 0.15) is 35.7 Å². The van der Waals surface area contributed by atoms with Crippen LogP contribution in [0, 0.1) is 5.92 Å². The van der Waals surface area contributed by atoms with Gasteiger partial charge in [-0.3, -0.25) is 4.79 Å². The first kappa shape index (κ1) is 24.0. The van der Waals surface area contributed by atoms with Crippen molar-refractivity contribution in [3.63, 3.8) is 0 Å². The molecule has 7 heteroatoms. The molecule has 0 aromatic heterocycles. The molecule has 34 heavy (non-hydrogen) atoms. The van der Waals surface area contributed by atoms with Crippen molar-refractivity contribution in [3.05, 3.63) is 90.0 Å². The van der Waals surface area contributed by atoms with Gasteiger partial charge in [-0.1, -0.05) is 43.3 Å². The third-order valence-electron chi connectivity index (χ3n) is 6.09. The molecule has 6 nitrogen and oxygen atoms in total. The average Bonchev–Trinajstić information content (AvgIpc) is 2.85. The summed E-state index contributed by atoms with van der Waals surface area (Å²) in [6, 6.07) is 23.4. The second-order valence-corrected chi connectivity index (χ2v) is 10.6. The van der Waals surface area contributed by atoms with Crippen LogP contribution in [0.4, 0.5) is 5.69 Å². The van der Waals surface area contributed by atoms with Gasteiger partial charge < -0.3 is 10.1 Å². The van der Waals surface area contributed by atoms with Gasteiger partial charge in [-0.25, -0.2) is 8.42 Å². The lowest BCUT2D eigenvalue weighted by Crippen LogP contribution is -2.37. The van der Waals surface area contributed by atoms with Gasteiger partial charge in [0.1, 0.15) is 5.75 Å². The van der Waals surface area contributed by atoms with Crippen molar-refractivity contribution < 1.29 is 17.9 Å². The van der Waals surface area contributed by atoms with E-state index in [1.165, 1.54) is 5.56 Å². The van der Waals surface area contributed by atoms with Crippen LogP contribution < -0.4 is 10.1 Å². The third kappa shape index (κ3) is 6.04. The molecule has 178 valence electrons. The molecule has 3 aromatic rings. The minimum absolute atomic E-state index is 0.244. The number of rotatable bonds is 8. The van der Waals surface area contributed by atoms with Gasteiger partial charge >= 0.3 is 0 Å². The van der Waals surface area contributed by atoms with E-state index in [1.807, 2.05) is 24.3 Å². The molecule has 1 heterocycles. The van der Waals surface area contributed by atoms with Crippen LogP contribution in [0.5, 0.6) is 5.75 Å². The van der Waals surface area contributed by atoms with Crippen LogP contribution >= 0.6 is 0 Å². The van der Waals surface area contributed by atoms with Crippen molar-refractivity contribution in [1.82, 2.24) is 4.31 Å². The standard InChI is InChI=1S/C27H30N2O4S/c1-21-14-17-29(18-15-21)34(31,32)26-12-10-24(11-13-26)28-27(30)23-8-5-9-25(20-23)33-19-16-22-6-3-2-4-7-22/h2-13,20-21H,14-19H2,1H3,(H,28,30). The molecule has 1 fully saturated rings. The number of sulfonamides is 1. The second kappa shape index (κ2) is 10.8. The summed E-state index contributed by atoms with van der Waals surface area (Å²) >= 11 is 0. The highest BCUT2D eigenvalue weighted by Gasteiger charge is 2.27. The number of ether oxygens (including phenoxy) is 1. The fraction of sp³-hybridized carbons (Fsp3) is 0.296. The molecule has 0 bridgehead atoms. The number of carbonyl (C=O) groups excluding carboxylic acids is 1. The summed E-state index contributed by atoms with van der Waals surface area (Å²) in [4.78, 5) is 13.0. The zero-order valence-electron chi connectivity index (χ0n) is 19.3. The summed E-state index contributed by atoms with van der Waals surface area (Å²) in [6.07, 6.45) is 2.54. The van der Waals surface area contributed by atoms with E-state index in [0.717, 1.165) is 19.3 Å². The lowest BCUT2D eigenvalue weighted by molar-refractivity contribution is 0.102. The van der Waals surface area contributed by atoms with Gasteiger partial charge in [0, 0.05) is 30.8 Å². The van der Waals surface area contributed by atoms with Crippen LogP contribution in [0.2, 0.25) is 0 Å². The smallest absolute Gasteiger partial charge is 0.255 e. The number of nitrogens with zero attached hydrogens (tertiary/aromatic N) is 1. The molecule has 0 unspecified atom stereocenters. The summed E-state index contributed by atoms with van der Waals surface area (Å²) in [5.41, 5.74) is 2.19. The minimum Gasteiger partial charge on any atom is -0.493 e. The Kier molecular flexibility index (Phi) is 7.65. The molecule has 0 atom stereocenters. The molecule has 1 saturated heterocycles. The van der Waals surface area contributed by atoms with Gasteiger partial charge in [-0.2, -0.15) is 4.31 Å². The number of carbonyl (C=O) groups is 1. The maximum absolute atomic E-state index is 12.9. The van der Waals surface area contributed by atoms with E-state index in [1.54, 1.807) is 46.8 Å². The van der Waals surface area contributed by atoms with Crippen molar-refractivity contribution >= 4 is 21.6 Å². The van der Waals surface area contributed by atoms with Crippen molar-refractivity contribution in [1.29, 1.82) is 0 Å². The topological polar surface area (TPSA) is 75.7 Å². The maximum Gasteiger partial charge on any atom is 0.255 e. The Hall–Kier alpha value is -3.16. The van der Waals surface area contributed by atoms with Crippen molar-refractivity contribution in [2.45, 2.75) is 31.1 Å². The van der Waals surface area contributed by atoms with Crippen molar-refractivity contribution in [3.8, 4) is 5.75 Å². The first-order valence-electron chi connectivity index (χ1n) is 11.6. The molecule has 1 aliphatic heterocycles. The quantitative estimate of drug-likeness (QED) is 0.495. The fourth-order valence-electron chi connectivity index (χ4n) is 3.95. The molecule has 1 amide bonds. The highest BCUT2D eigenvalue weighted by atomic mass is 32.2. The Bertz CT molecular complexity index is 1200. The van der Waals surface area contributed by atoms with Crippen molar-refractivity contribution in [2.24, 2.45) is 5.92 Å². The minimum atomic E-state index is -3.51. The maximum atomic E-state index is 12.9. The molecule has 3 aromatic carbocycles. The summed E-state index contributed by atoms with van der Waals surface area (Å²) < 4.78 is 33.1. The Morgan fingerprint density at radius 3 is 2.38 bits per heavy atom. The van der Waals surface area contributed by atoms with Crippen molar-refractivity contribution in [2.75, 3.05) is 25.0 Å². The number of anilines is 1. The van der Waals surface area contributed by atoms with Gasteiger partial charge in [-0.15, -0.1) is 0 Å². The van der Waals surface area contributed by atoms with Crippen LogP contribution in [-0.4, -0.2) is 38.3 Å². The predicted octanol–water partition coefficient (Wildman–Crippen LogP) is 4.98. The Morgan fingerprint density at radius 1 is 0.971 bits per heavy atom. The van der Waals surface area contributed by atoms with Crippen LogP contribution in [0.25, 0.3) is 0 Å². The van der Waals surface area contributed by atoms with E-state index in [9.17, 15) is 13.2 Å². The van der Waals surface area contributed by atoms with Gasteiger partial charge in [0.05, 0.1) is 11.5 Å². The fourth-order valence-corrected chi connectivity index (χ4v) is 5.42. The molecule has 0 aliphatic carbocycles. The van der Waals surface area contributed by atoms with E-state index in [2.05, 4.69) is 24.4 Å². The Morgan fingerprint density at radius 2 is 1.68 bits per heavy atom. The molecule has 1 N–H and O–H groups in total. The molecule has 0 radical (unpaired) electrons. The van der Waals surface area contributed by atoms with Crippen LogP contribution in [-0.2, 0) is 16.4 Å². The highest BCUT2D eigenvalue weighted by Crippen LogP contribution is 2.24. The lowest BCUT2D eigenvalue weighted by Gasteiger charge is -2.29.